The maximum Gasteiger partial charge on any atom is 0.271 e. The van der Waals surface area contributed by atoms with E-state index in [4.69, 9.17) is 6.42 Å². The Bertz CT molecular complexity index is 276. The lowest BCUT2D eigenvalue weighted by Crippen LogP contribution is -2.40. The molecule has 1 aliphatic rings. The van der Waals surface area contributed by atoms with Crippen molar-refractivity contribution < 1.29 is 4.57 Å². The topological polar surface area (TPSA) is 23.6 Å². The zero-order valence-corrected chi connectivity index (χ0v) is 9.94. The number of hydrogen-bond donors (Lipinski definition) is 0. The van der Waals surface area contributed by atoms with Gasteiger partial charge in [-0.2, -0.15) is 0 Å². The predicted octanol–water partition coefficient (Wildman–Crippen LogP) is 1.73. The van der Waals surface area contributed by atoms with Gasteiger partial charge in [-0.1, -0.05) is 17.3 Å². The molecule has 0 aromatic carbocycles. The van der Waals surface area contributed by atoms with E-state index in [1.165, 1.54) is 11.4 Å². The van der Waals surface area contributed by atoms with Gasteiger partial charge in [0.1, 0.15) is 0 Å². The summed E-state index contributed by atoms with van der Waals surface area (Å²) in [6.07, 6.45) is 8.14. The fraction of sp³-hybridized carbons (Fsp3) is 0.750. The highest BCUT2D eigenvalue weighted by atomic mass is 32.7. The molecule has 1 aliphatic heterocycles. The largest absolute Gasteiger partial charge is 0.276 e. The van der Waals surface area contributed by atoms with E-state index in [-0.39, 0.29) is 6.04 Å². The van der Waals surface area contributed by atoms with E-state index in [0.717, 1.165) is 13.0 Å². The van der Waals surface area contributed by atoms with Crippen molar-refractivity contribution in [1.29, 1.82) is 0 Å². The highest BCUT2D eigenvalue weighted by molar-refractivity contribution is 8.56. The van der Waals surface area contributed by atoms with Gasteiger partial charge < -0.3 is 0 Å². The molecule has 1 saturated heterocycles. The summed E-state index contributed by atoms with van der Waals surface area (Å²) < 4.78 is 16.1. The molecule has 1 heterocycles. The maximum absolute atomic E-state index is 12.4. The fourth-order valence-corrected chi connectivity index (χ4v) is 5.61. The molecule has 1 rings (SSSR count). The van der Waals surface area contributed by atoms with Crippen LogP contribution in [-0.4, -0.2) is 42.3 Å². The van der Waals surface area contributed by atoms with Crippen molar-refractivity contribution in [2.45, 2.75) is 12.5 Å². The first-order chi connectivity index (χ1) is 6.06. The van der Waals surface area contributed by atoms with Crippen LogP contribution in [0, 0.1) is 12.3 Å². The summed E-state index contributed by atoms with van der Waals surface area (Å²) >= 11 is 1.40. The first-order valence-corrected chi connectivity index (χ1v) is 7.57. The lowest BCUT2D eigenvalue weighted by Gasteiger charge is -2.41. The van der Waals surface area contributed by atoms with Gasteiger partial charge in [0.2, 0.25) is 0 Å². The Kier molecular flexibility index (Phi) is 3.48. The third-order valence-electron chi connectivity index (χ3n) is 2.44. The summed E-state index contributed by atoms with van der Waals surface area (Å²) in [4.78, 5) is 0. The van der Waals surface area contributed by atoms with Gasteiger partial charge >= 0.3 is 0 Å². The molecule has 2 unspecified atom stereocenters. The zero-order valence-electron chi connectivity index (χ0n) is 8.23. The van der Waals surface area contributed by atoms with Crippen LogP contribution in [0.3, 0.4) is 0 Å². The average molecular weight is 218 g/mol. The first kappa shape index (κ1) is 11.1. The van der Waals surface area contributed by atoms with Crippen molar-refractivity contribution in [2.24, 2.45) is 0 Å². The molecule has 5 heteroatoms. The van der Waals surface area contributed by atoms with Crippen LogP contribution in [0.15, 0.2) is 0 Å². The third-order valence-corrected chi connectivity index (χ3v) is 8.09. The van der Waals surface area contributed by atoms with Gasteiger partial charge in [-0.3, -0.25) is 4.57 Å². The standard InChI is InChI=1S/C8H15N2OPS/c1-5-8-6-7-9(2)12(11,13-4)10(8)3/h1,8H,6-7H2,2-4H3. The molecule has 13 heavy (non-hydrogen) atoms. The van der Waals surface area contributed by atoms with Gasteiger partial charge in [-0.05, 0) is 26.8 Å². The Morgan fingerprint density at radius 3 is 2.69 bits per heavy atom. The monoisotopic (exact) mass is 218 g/mol. The van der Waals surface area contributed by atoms with Crippen molar-refractivity contribution >= 4 is 18.0 Å². The summed E-state index contributed by atoms with van der Waals surface area (Å²) in [5.74, 6) is 2.68. The van der Waals surface area contributed by atoms with Crippen LogP contribution in [-0.2, 0) is 4.57 Å². The van der Waals surface area contributed by atoms with E-state index >= 15 is 0 Å². The van der Waals surface area contributed by atoms with Crippen LogP contribution >= 0.6 is 18.0 Å². The van der Waals surface area contributed by atoms with Crippen LogP contribution < -0.4 is 0 Å². The Morgan fingerprint density at radius 1 is 1.62 bits per heavy atom. The van der Waals surface area contributed by atoms with E-state index in [9.17, 15) is 4.57 Å². The smallest absolute Gasteiger partial charge is 0.271 e. The van der Waals surface area contributed by atoms with Crippen molar-refractivity contribution in [1.82, 2.24) is 9.34 Å². The molecule has 0 aromatic rings. The molecule has 0 aliphatic carbocycles. The first-order valence-electron chi connectivity index (χ1n) is 4.13. The Hall–Kier alpha value is 0.0600. The van der Waals surface area contributed by atoms with Gasteiger partial charge in [0.05, 0.1) is 6.04 Å². The molecule has 0 N–H and O–H groups in total. The minimum absolute atomic E-state index is 0.0227. The second kappa shape index (κ2) is 4.06. The average Bonchev–Trinajstić information content (AvgIpc) is 2.15. The number of hydrogen-bond acceptors (Lipinski definition) is 2. The molecule has 0 spiro atoms. The summed E-state index contributed by atoms with van der Waals surface area (Å²) in [5.41, 5.74) is 0. The van der Waals surface area contributed by atoms with Gasteiger partial charge in [0, 0.05) is 6.54 Å². The van der Waals surface area contributed by atoms with Crippen LogP contribution in [0.5, 0.6) is 0 Å². The molecule has 2 atom stereocenters. The second-order valence-electron chi connectivity index (χ2n) is 3.10. The van der Waals surface area contributed by atoms with Crippen LogP contribution in [0.2, 0.25) is 0 Å². The summed E-state index contributed by atoms with van der Waals surface area (Å²) in [7, 11) is 3.73. The van der Waals surface area contributed by atoms with Gasteiger partial charge in [0.15, 0.2) is 0 Å². The maximum atomic E-state index is 12.4. The molecule has 0 aromatic heterocycles. The molecule has 74 valence electrons. The lowest BCUT2D eigenvalue weighted by atomic mass is 10.2. The minimum Gasteiger partial charge on any atom is -0.276 e. The Morgan fingerprint density at radius 2 is 2.23 bits per heavy atom. The van der Waals surface area contributed by atoms with E-state index < -0.39 is 6.65 Å². The summed E-state index contributed by atoms with van der Waals surface area (Å²) in [6, 6.07) is 0.0227. The number of nitrogens with zero attached hydrogens (tertiary/aromatic N) is 2. The molecule has 1 fully saturated rings. The summed E-state index contributed by atoms with van der Waals surface area (Å²) in [6.45, 7) is -1.59. The van der Waals surface area contributed by atoms with E-state index in [2.05, 4.69) is 5.92 Å². The Labute approximate surface area is 84.1 Å². The molecular weight excluding hydrogens is 203 g/mol. The molecule has 3 nitrogen and oxygen atoms in total. The highest BCUT2D eigenvalue weighted by Gasteiger charge is 2.39. The highest BCUT2D eigenvalue weighted by Crippen LogP contribution is 2.64. The van der Waals surface area contributed by atoms with E-state index in [0.29, 0.717) is 0 Å². The minimum atomic E-state index is -2.41. The molecular formula is C8H15N2OPS. The zero-order chi connectivity index (χ0) is 10.1. The predicted molar refractivity (Wildman–Crippen MR) is 58.8 cm³/mol. The van der Waals surface area contributed by atoms with Crippen molar-refractivity contribution in [3.63, 3.8) is 0 Å². The summed E-state index contributed by atoms with van der Waals surface area (Å²) in [5, 5.41) is 0. The van der Waals surface area contributed by atoms with Crippen molar-refractivity contribution in [2.75, 3.05) is 26.9 Å². The molecule has 0 amide bonds. The normalized spacial score (nSPS) is 37.2. The Balaban J connectivity index is 2.92. The van der Waals surface area contributed by atoms with Gasteiger partial charge in [-0.25, -0.2) is 9.34 Å². The molecule has 0 saturated carbocycles. The number of terminal acetylenes is 1. The van der Waals surface area contributed by atoms with Crippen LogP contribution in [0.25, 0.3) is 0 Å². The second-order valence-corrected chi connectivity index (χ2v) is 8.28. The van der Waals surface area contributed by atoms with Crippen LogP contribution in [0.1, 0.15) is 6.42 Å². The quantitative estimate of drug-likeness (QED) is 0.494. The fourth-order valence-electron chi connectivity index (χ4n) is 1.50. The van der Waals surface area contributed by atoms with Crippen molar-refractivity contribution in [3.8, 4) is 12.3 Å². The van der Waals surface area contributed by atoms with E-state index in [1.54, 1.807) is 0 Å². The number of rotatable bonds is 1. The van der Waals surface area contributed by atoms with E-state index in [1.807, 2.05) is 29.7 Å². The van der Waals surface area contributed by atoms with Gasteiger partial charge in [0.25, 0.3) is 6.65 Å². The lowest BCUT2D eigenvalue weighted by molar-refractivity contribution is 0.309. The molecule has 0 bridgehead atoms. The SMILES string of the molecule is C#CC1CCN(C)P(=O)(SC)N1C. The van der Waals surface area contributed by atoms with Gasteiger partial charge in [-0.15, -0.1) is 6.42 Å². The van der Waals surface area contributed by atoms with Crippen molar-refractivity contribution in [3.05, 3.63) is 0 Å². The third kappa shape index (κ3) is 1.80. The molecule has 0 radical (unpaired) electrons. The van der Waals surface area contributed by atoms with Crippen LogP contribution in [0.4, 0.5) is 0 Å².